The molecule has 2 rings (SSSR count). The van der Waals surface area contributed by atoms with Gasteiger partial charge in [-0.25, -0.2) is 0 Å². The van der Waals surface area contributed by atoms with Gasteiger partial charge in [-0.05, 0) is 43.3 Å². The Morgan fingerprint density at radius 2 is 1.92 bits per heavy atom. The van der Waals surface area contributed by atoms with Gasteiger partial charge in [0.05, 0.1) is 31.0 Å². The van der Waals surface area contributed by atoms with E-state index < -0.39 is 12.5 Å². The van der Waals surface area contributed by atoms with Gasteiger partial charge < -0.3 is 19.5 Å². The third-order valence-electron chi connectivity index (χ3n) is 3.30. The van der Waals surface area contributed by atoms with E-state index in [0.29, 0.717) is 23.6 Å². The normalized spacial score (nSPS) is 10.2. The van der Waals surface area contributed by atoms with E-state index in [-0.39, 0.29) is 17.1 Å². The summed E-state index contributed by atoms with van der Waals surface area (Å²) in [6.07, 6.45) is 0. The molecule has 0 heterocycles. The molecule has 0 aliphatic rings. The molecule has 0 atom stereocenters. The van der Waals surface area contributed by atoms with Crippen LogP contribution in [0.5, 0.6) is 17.2 Å². The van der Waals surface area contributed by atoms with Crippen molar-refractivity contribution < 1.29 is 27.8 Å². The van der Waals surface area contributed by atoms with E-state index in [1.54, 1.807) is 19.1 Å². The number of alkyl halides is 2. The molecule has 0 aliphatic heterocycles. The fourth-order valence-corrected chi connectivity index (χ4v) is 2.18. The van der Waals surface area contributed by atoms with Gasteiger partial charge in [-0.1, -0.05) is 0 Å². The van der Waals surface area contributed by atoms with Gasteiger partial charge in [0.25, 0.3) is 5.91 Å². The van der Waals surface area contributed by atoms with Crippen molar-refractivity contribution in [2.75, 3.05) is 19.0 Å². The SMILES string of the molecule is CCOc1ccc(C#N)cc1NC(=O)c1ccc(OC(F)F)c(OC)c1. The molecule has 2 aromatic rings. The first kappa shape index (κ1) is 19.0. The van der Waals surface area contributed by atoms with Crippen molar-refractivity contribution in [2.24, 2.45) is 0 Å². The molecule has 0 spiro atoms. The van der Waals surface area contributed by atoms with Crippen molar-refractivity contribution in [2.45, 2.75) is 13.5 Å². The molecule has 26 heavy (non-hydrogen) atoms. The van der Waals surface area contributed by atoms with Crippen LogP contribution in [0.3, 0.4) is 0 Å². The summed E-state index contributed by atoms with van der Waals surface area (Å²) in [4.78, 5) is 12.5. The quantitative estimate of drug-likeness (QED) is 0.810. The monoisotopic (exact) mass is 362 g/mol. The van der Waals surface area contributed by atoms with Crippen LogP contribution in [0.15, 0.2) is 36.4 Å². The van der Waals surface area contributed by atoms with E-state index in [2.05, 4.69) is 10.1 Å². The van der Waals surface area contributed by atoms with Crippen LogP contribution in [-0.4, -0.2) is 26.2 Å². The molecule has 1 N–H and O–H groups in total. The minimum atomic E-state index is -3.01. The first-order valence-electron chi connectivity index (χ1n) is 7.59. The number of nitrogens with zero attached hydrogens (tertiary/aromatic N) is 1. The lowest BCUT2D eigenvalue weighted by atomic mass is 10.1. The van der Waals surface area contributed by atoms with Gasteiger partial charge in [0.2, 0.25) is 0 Å². The lowest BCUT2D eigenvalue weighted by molar-refractivity contribution is -0.0512. The highest BCUT2D eigenvalue weighted by Crippen LogP contribution is 2.31. The Kier molecular flexibility index (Phi) is 6.33. The number of anilines is 1. The Hall–Kier alpha value is -3.34. The van der Waals surface area contributed by atoms with Crippen molar-refractivity contribution in [3.8, 4) is 23.3 Å². The summed E-state index contributed by atoms with van der Waals surface area (Å²) in [5.41, 5.74) is 0.832. The fourth-order valence-electron chi connectivity index (χ4n) is 2.18. The Labute approximate surface area is 148 Å². The molecule has 0 saturated heterocycles. The number of hydrogen-bond donors (Lipinski definition) is 1. The zero-order valence-corrected chi connectivity index (χ0v) is 14.1. The van der Waals surface area contributed by atoms with Crippen molar-refractivity contribution in [3.63, 3.8) is 0 Å². The molecule has 8 heteroatoms. The lowest BCUT2D eigenvalue weighted by Gasteiger charge is -2.13. The Morgan fingerprint density at radius 1 is 1.19 bits per heavy atom. The zero-order valence-electron chi connectivity index (χ0n) is 14.1. The number of amides is 1. The first-order valence-corrected chi connectivity index (χ1v) is 7.59. The van der Waals surface area contributed by atoms with Crippen LogP contribution < -0.4 is 19.5 Å². The molecule has 0 aromatic heterocycles. The molecule has 0 fully saturated rings. The number of methoxy groups -OCH3 is 1. The highest BCUT2D eigenvalue weighted by Gasteiger charge is 2.16. The van der Waals surface area contributed by atoms with Gasteiger partial charge in [0, 0.05) is 5.56 Å². The number of halogens is 2. The zero-order chi connectivity index (χ0) is 19.1. The molecular formula is C18H16F2N2O4. The van der Waals surface area contributed by atoms with Crippen molar-refractivity contribution in [3.05, 3.63) is 47.5 Å². The van der Waals surface area contributed by atoms with Crippen LogP contribution in [0.2, 0.25) is 0 Å². The van der Waals surface area contributed by atoms with E-state index in [1.165, 1.54) is 31.4 Å². The number of benzene rings is 2. The molecule has 0 radical (unpaired) electrons. The fraction of sp³-hybridized carbons (Fsp3) is 0.222. The molecule has 0 saturated carbocycles. The van der Waals surface area contributed by atoms with Gasteiger partial charge in [-0.2, -0.15) is 14.0 Å². The molecule has 1 amide bonds. The van der Waals surface area contributed by atoms with Crippen LogP contribution in [-0.2, 0) is 0 Å². The lowest BCUT2D eigenvalue weighted by Crippen LogP contribution is -2.14. The van der Waals surface area contributed by atoms with Gasteiger partial charge in [-0.3, -0.25) is 4.79 Å². The maximum Gasteiger partial charge on any atom is 0.387 e. The van der Waals surface area contributed by atoms with E-state index in [9.17, 15) is 13.6 Å². The topological polar surface area (TPSA) is 80.6 Å². The summed E-state index contributed by atoms with van der Waals surface area (Å²) >= 11 is 0. The standard InChI is InChI=1S/C18H16F2N2O4/c1-3-25-14-6-4-11(10-21)8-13(14)22-17(23)12-5-7-15(26-18(19)20)16(9-12)24-2/h4-9,18H,3H2,1-2H3,(H,22,23). The third kappa shape index (κ3) is 4.60. The molecule has 0 unspecified atom stereocenters. The summed E-state index contributed by atoms with van der Waals surface area (Å²) in [5.74, 6) is -0.304. The number of hydrogen-bond acceptors (Lipinski definition) is 5. The second-order valence-corrected chi connectivity index (χ2v) is 4.95. The van der Waals surface area contributed by atoms with E-state index in [4.69, 9.17) is 14.7 Å². The Morgan fingerprint density at radius 3 is 2.54 bits per heavy atom. The number of nitriles is 1. The van der Waals surface area contributed by atoms with Crippen LogP contribution >= 0.6 is 0 Å². The summed E-state index contributed by atoms with van der Waals surface area (Å²) in [6, 6.07) is 10.4. The maximum absolute atomic E-state index is 12.5. The third-order valence-corrected chi connectivity index (χ3v) is 3.30. The minimum Gasteiger partial charge on any atom is -0.493 e. The average molecular weight is 362 g/mol. The van der Waals surface area contributed by atoms with E-state index >= 15 is 0 Å². The van der Waals surface area contributed by atoms with Crippen molar-refractivity contribution >= 4 is 11.6 Å². The molecule has 136 valence electrons. The second-order valence-electron chi connectivity index (χ2n) is 4.95. The van der Waals surface area contributed by atoms with Crippen LogP contribution in [0.4, 0.5) is 14.5 Å². The second kappa shape index (κ2) is 8.67. The molecule has 2 aromatic carbocycles. The van der Waals surface area contributed by atoms with Crippen LogP contribution in [0.1, 0.15) is 22.8 Å². The average Bonchev–Trinajstić information content (AvgIpc) is 2.63. The summed E-state index contributed by atoms with van der Waals surface area (Å²) in [5, 5.41) is 11.6. The van der Waals surface area contributed by atoms with Gasteiger partial charge in [0.15, 0.2) is 11.5 Å². The van der Waals surface area contributed by atoms with Crippen LogP contribution in [0, 0.1) is 11.3 Å². The number of ether oxygens (including phenoxy) is 3. The van der Waals surface area contributed by atoms with E-state index in [0.717, 1.165) is 0 Å². The molecule has 0 bridgehead atoms. The smallest absolute Gasteiger partial charge is 0.387 e. The van der Waals surface area contributed by atoms with Gasteiger partial charge in [0.1, 0.15) is 5.75 Å². The first-order chi connectivity index (χ1) is 12.5. The highest BCUT2D eigenvalue weighted by atomic mass is 19.3. The van der Waals surface area contributed by atoms with Gasteiger partial charge >= 0.3 is 6.61 Å². The summed E-state index contributed by atoms with van der Waals surface area (Å²) < 4.78 is 39.5. The largest absolute Gasteiger partial charge is 0.493 e. The number of carbonyl (C=O) groups is 1. The summed E-state index contributed by atoms with van der Waals surface area (Å²) in [6.45, 7) is -0.843. The number of rotatable bonds is 7. The predicted octanol–water partition coefficient (Wildman–Crippen LogP) is 3.82. The highest BCUT2D eigenvalue weighted by molar-refractivity contribution is 6.05. The predicted molar refractivity (Wildman–Crippen MR) is 89.9 cm³/mol. The maximum atomic E-state index is 12.5. The number of nitrogens with one attached hydrogen (secondary N) is 1. The van der Waals surface area contributed by atoms with Gasteiger partial charge in [-0.15, -0.1) is 0 Å². The Balaban J connectivity index is 2.29. The minimum absolute atomic E-state index is 0.00578. The summed E-state index contributed by atoms with van der Waals surface area (Å²) in [7, 11) is 1.28. The molecular weight excluding hydrogens is 346 g/mol. The Bertz CT molecular complexity index is 834. The molecule has 0 aliphatic carbocycles. The molecule has 6 nitrogen and oxygen atoms in total. The van der Waals surface area contributed by atoms with E-state index in [1.807, 2.05) is 6.07 Å². The van der Waals surface area contributed by atoms with Crippen molar-refractivity contribution in [1.29, 1.82) is 5.26 Å². The number of carbonyl (C=O) groups excluding carboxylic acids is 1. The van der Waals surface area contributed by atoms with Crippen molar-refractivity contribution in [1.82, 2.24) is 0 Å². The van der Waals surface area contributed by atoms with Crippen LogP contribution in [0.25, 0.3) is 0 Å².